The lowest BCUT2D eigenvalue weighted by atomic mass is 10.1. The van der Waals surface area contributed by atoms with Crippen molar-refractivity contribution in [2.45, 2.75) is 38.5 Å². The van der Waals surface area contributed by atoms with E-state index >= 15 is 0 Å². The summed E-state index contributed by atoms with van der Waals surface area (Å²) in [6.45, 7) is 7.42. The van der Waals surface area contributed by atoms with E-state index in [0.717, 1.165) is 11.1 Å². The van der Waals surface area contributed by atoms with E-state index in [1.165, 1.54) is 14.2 Å². The molecule has 6 heteroatoms. The van der Waals surface area contributed by atoms with E-state index in [2.05, 4.69) is 13.2 Å². The fourth-order valence-electron chi connectivity index (χ4n) is 3.07. The third kappa shape index (κ3) is 7.61. The molecule has 0 spiro atoms. The van der Waals surface area contributed by atoms with E-state index in [-0.39, 0.29) is 24.8 Å². The SMILES string of the molecule is C=CCc1ccc(OC(=O)CCCCC(=O)Oc2ccc(CC=C)cc2OC)c(OC)c1. The summed E-state index contributed by atoms with van der Waals surface area (Å²) < 4.78 is 21.4. The van der Waals surface area contributed by atoms with Gasteiger partial charge in [-0.25, -0.2) is 0 Å². The minimum absolute atomic E-state index is 0.185. The van der Waals surface area contributed by atoms with Gasteiger partial charge in [0.25, 0.3) is 0 Å². The van der Waals surface area contributed by atoms with Gasteiger partial charge < -0.3 is 18.9 Å². The van der Waals surface area contributed by atoms with Crippen LogP contribution in [-0.2, 0) is 22.4 Å². The second kappa shape index (κ2) is 13.0. The van der Waals surface area contributed by atoms with Crippen molar-refractivity contribution in [1.82, 2.24) is 0 Å². The molecule has 2 rings (SSSR count). The van der Waals surface area contributed by atoms with Crippen LogP contribution in [0.25, 0.3) is 0 Å². The molecule has 2 aromatic rings. The Bertz CT molecular complexity index is 870. The van der Waals surface area contributed by atoms with Crippen molar-refractivity contribution in [2.75, 3.05) is 14.2 Å². The lowest BCUT2D eigenvalue weighted by Gasteiger charge is -2.11. The maximum Gasteiger partial charge on any atom is 0.311 e. The Hall–Kier alpha value is -3.54. The number of unbranched alkanes of at least 4 members (excludes halogenated alkanes) is 1. The maximum absolute atomic E-state index is 12.2. The van der Waals surface area contributed by atoms with Gasteiger partial charge in [-0.3, -0.25) is 9.59 Å². The highest BCUT2D eigenvalue weighted by Gasteiger charge is 2.13. The number of rotatable bonds is 13. The monoisotopic (exact) mass is 438 g/mol. The number of esters is 2. The van der Waals surface area contributed by atoms with Gasteiger partial charge in [-0.15, -0.1) is 13.2 Å². The first-order chi connectivity index (χ1) is 15.5. The Morgan fingerprint density at radius 1 is 0.719 bits per heavy atom. The molecule has 0 fully saturated rings. The quantitative estimate of drug-likeness (QED) is 0.185. The topological polar surface area (TPSA) is 71.1 Å². The van der Waals surface area contributed by atoms with Crippen molar-refractivity contribution in [2.24, 2.45) is 0 Å². The molecule has 0 saturated carbocycles. The predicted octanol–water partition coefficient (Wildman–Crippen LogP) is 5.23. The number of carbonyl (C=O) groups excluding carboxylic acids is 2. The van der Waals surface area contributed by atoms with Gasteiger partial charge >= 0.3 is 11.9 Å². The molecule has 0 aliphatic carbocycles. The Morgan fingerprint density at radius 3 is 1.47 bits per heavy atom. The van der Waals surface area contributed by atoms with Gasteiger partial charge in [-0.05, 0) is 61.1 Å². The Balaban J connectivity index is 1.78. The average molecular weight is 439 g/mol. The van der Waals surface area contributed by atoms with E-state index in [1.807, 2.05) is 24.3 Å². The van der Waals surface area contributed by atoms with Crippen molar-refractivity contribution in [3.8, 4) is 23.0 Å². The van der Waals surface area contributed by atoms with E-state index in [0.29, 0.717) is 48.7 Å². The van der Waals surface area contributed by atoms with Crippen molar-refractivity contribution in [3.63, 3.8) is 0 Å². The predicted molar refractivity (Wildman–Crippen MR) is 124 cm³/mol. The van der Waals surface area contributed by atoms with Crippen LogP contribution in [0.2, 0.25) is 0 Å². The number of hydrogen-bond acceptors (Lipinski definition) is 6. The maximum atomic E-state index is 12.2. The molecule has 0 aliphatic heterocycles. The minimum Gasteiger partial charge on any atom is -0.493 e. The molecular weight excluding hydrogens is 408 g/mol. The Labute approximate surface area is 189 Å². The van der Waals surface area contributed by atoms with Crippen molar-refractivity contribution in [1.29, 1.82) is 0 Å². The molecule has 6 nitrogen and oxygen atoms in total. The van der Waals surface area contributed by atoms with E-state index in [9.17, 15) is 9.59 Å². The van der Waals surface area contributed by atoms with Crippen LogP contribution in [0.15, 0.2) is 61.7 Å². The summed E-state index contributed by atoms with van der Waals surface area (Å²) in [4.78, 5) is 24.3. The number of carbonyl (C=O) groups is 2. The van der Waals surface area contributed by atoms with Crippen LogP contribution in [0.3, 0.4) is 0 Å². The molecule has 0 aromatic heterocycles. The number of hydrogen-bond donors (Lipinski definition) is 0. The number of ether oxygens (including phenoxy) is 4. The van der Waals surface area contributed by atoms with Crippen LogP contribution in [0.1, 0.15) is 36.8 Å². The molecule has 170 valence electrons. The normalized spacial score (nSPS) is 10.2. The van der Waals surface area contributed by atoms with Crippen LogP contribution in [0.5, 0.6) is 23.0 Å². The summed E-state index contributed by atoms with van der Waals surface area (Å²) in [6.07, 6.45) is 6.35. The lowest BCUT2D eigenvalue weighted by molar-refractivity contribution is -0.136. The molecule has 0 N–H and O–H groups in total. The van der Waals surface area contributed by atoms with Crippen LogP contribution in [0.4, 0.5) is 0 Å². The van der Waals surface area contributed by atoms with Crippen LogP contribution < -0.4 is 18.9 Å². The first kappa shape index (κ1) is 24.7. The molecule has 0 bridgehead atoms. The molecule has 32 heavy (non-hydrogen) atoms. The molecule has 0 amide bonds. The van der Waals surface area contributed by atoms with Crippen LogP contribution >= 0.6 is 0 Å². The molecule has 0 aliphatic rings. The summed E-state index contributed by atoms with van der Waals surface area (Å²) >= 11 is 0. The summed E-state index contributed by atoms with van der Waals surface area (Å²) in [6, 6.07) is 10.8. The van der Waals surface area contributed by atoms with Gasteiger partial charge in [0, 0.05) is 12.8 Å². The van der Waals surface area contributed by atoms with E-state index in [1.54, 1.807) is 24.3 Å². The second-order valence-corrected chi connectivity index (χ2v) is 7.11. The van der Waals surface area contributed by atoms with Gasteiger partial charge in [0.05, 0.1) is 14.2 Å². The Morgan fingerprint density at radius 2 is 1.12 bits per heavy atom. The third-order valence-corrected chi connectivity index (χ3v) is 4.68. The summed E-state index contributed by atoms with van der Waals surface area (Å²) in [5.74, 6) is 0.970. The first-order valence-electron chi connectivity index (χ1n) is 10.5. The van der Waals surface area contributed by atoms with Crippen molar-refractivity contribution < 1.29 is 28.5 Å². The third-order valence-electron chi connectivity index (χ3n) is 4.68. The molecule has 0 atom stereocenters. The zero-order chi connectivity index (χ0) is 23.3. The molecule has 0 saturated heterocycles. The summed E-state index contributed by atoms with van der Waals surface area (Å²) in [7, 11) is 3.05. The van der Waals surface area contributed by atoms with Crippen molar-refractivity contribution in [3.05, 3.63) is 72.8 Å². The first-order valence-corrected chi connectivity index (χ1v) is 10.5. The minimum atomic E-state index is -0.382. The van der Waals surface area contributed by atoms with Gasteiger partial charge in [-0.2, -0.15) is 0 Å². The lowest BCUT2D eigenvalue weighted by Crippen LogP contribution is -2.11. The van der Waals surface area contributed by atoms with Gasteiger partial charge in [0.2, 0.25) is 0 Å². The fourth-order valence-corrected chi connectivity index (χ4v) is 3.07. The summed E-state index contributed by atoms with van der Waals surface area (Å²) in [5.41, 5.74) is 2.03. The average Bonchev–Trinajstić information content (AvgIpc) is 2.79. The highest BCUT2D eigenvalue weighted by atomic mass is 16.6. The summed E-state index contributed by atoms with van der Waals surface area (Å²) in [5, 5.41) is 0. The molecule has 0 radical (unpaired) electrons. The highest BCUT2D eigenvalue weighted by molar-refractivity contribution is 5.74. The van der Waals surface area contributed by atoms with E-state index in [4.69, 9.17) is 18.9 Å². The zero-order valence-corrected chi connectivity index (χ0v) is 18.7. The Kier molecular flexibility index (Phi) is 10.0. The van der Waals surface area contributed by atoms with Crippen molar-refractivity contribution >= 4 is 11.9 Å². The van der Waals surface area contributed by atoms with Gasteiger partial charge in [0.1, 0.15) is 0 Å². The molecular formula is C26H30O6. The van der Waals surface area contributed by atoms with Crippen LogP contribution in [0, 0.1) is 0 Å². The smallest absolute Gasteiger partial charge is 0.311 e. The van der Waals surface area contributed by atoms with Gasteiger partial charge in [0.15, 0.2) is 23.0 Å². The zero-order valence-electron chi connectivity index (χ0n) is 18.7. The van der Waals surface area contributed by atoms with E-state index < -0.39 is 0 Å². The largest absolute Gasteiger partial charge is 0.493 e. The second-order valence-electron chi connectivity index (χ2n) is 7.11. The highest BCUT2D eigenvalue weighted by Crippen LogP contribution is 2.30. The molecule has 0 unspecified atom stereocenters. The fraction of sp³-hybridized carbons (Fsp3) is 0.308. The molecule has 2 aromatic carbocycles. The standard InChI is InChI=1S/C26H30O6/c1-5-9-19-13-15-21(23(17-19)29-3)31-25(27)11-7-8-12-26(28)32-22-16-14-20(10-6-2)18-24(22)30-4/h5-6,13-18H,1-2,7-12H2,3-4H3. The van der Waals surface area contributed by atoms with Gasteiger partial charge in [-0.1, -0.05) is 24.3 Å². The number of methoxy groups -OCH3 is 2. The number of benzene rings is 2. The van der Waals surface area contributed by atoms with Crippen LogP contribution in [-0.4, -0.2) is 26.2 Å². The number of allylic oxidation sites excluding steroid dienone is 2. The molecule has 0 heterocycles.